The van der Waals surface area contributed by atoms with Crippen LogP contribution in [0.2, 0.25) is 0 Å². The summed E-state index contributed by atoms with van der Waals surface area (Å²) in [5.41, 5.74) is 0. The van der Waals surface area contributed by atoms with E-state index < -0.39 is 0 Å². The van der Waals surface area contributed by atoms with Crippen LogP contribution >= 0.6 is 15.9 Å². The van der Waals surface area contributed by atoms with E-state index in [0.29, 0.717) is 4.83 Å². The molecule has 126 valence electrons. The number of halogens is 1. The highest BCUT2D eigenvalue weighted by atomic mass is 79.9. The minimum atomic E-state index is 0.196. The third-order valence-electron chi connectivity index (χ3n) is 3.78. The van der Waals surface area contributed by atoms with Crippen molar-refractivity contribution in [2.45, 2.75) is 57.4 Å². The summed E-state index contributed by atoms with van der Waals surface area (Å²) in [6.07, 6.45) is 4.90. The molecule has 0 heterocycles. The smallest absolute Gasteiger partial charge is 0.120 e. The number of ether oxygens (including phenoxy) is 2. The molecular formula is C20H27BrO2. The van der Waals surface area contributed by atoms with E-state index in [1.54, 1.807) is 0 Å². The van der Waals surface area contributed by atoms with Crippen molar-refractivity contribution in [3.63, 3.8) is 0 Å². The van der Waals surface area contributed by atoms with E-state index in [-0.39, 0.29) is 6.10 Å². The standard InChI is InChI=1S/C20H27BrO2/c1-4-18(21)7-5-6-12-22-19-10-8-17-14-20(23-15(2)3)11-9-16(17)13-19/h8-11,13-15,18H,4-7,12H2,1-3H3. The number of rotatable bonds is 9. The van der Waals surface area contributed by atoms with E-state index in [0.717, 1.165) is 24.5 Å². The zero-order valence-electron chi connectivity index (χ0n) is 14.3. The van der Waals surface area contributed by atoms with Crippen molar-refractivity contribution < 1.29 is 9.47 Å². The molecule has 0 aliphatic carbocycles. The lowest BCUT2D eigenvalue weighted by Gasteiger charge is -2.11. The Balaban J connectivity index is 1.88. The van der Waals surface area contributed by atoms with Gasteiger partial charge >= 0.3 is 0 Å². The van der Waals surface area contributed by atoms with Crippen molar-refractivity contribution >= 4 is 26.7 Å². The van der Waals surface area contributed by atoms with Gasteiger partial charge in [0.1, 0.15) is 11.5 Å². The van der Waals surface area contributed by atoms with Crippen LogP contribution in [0.1, 0.15) is 46.5 Å². The minimum absolute atomic E-state index is 0.196. The minimum Gasteiger partial charge on any atom is -0.494 e. The van der Waals surface area contributed by atoms with Gasteiger partial charge in [-0.3, -0.25) is 0 Å². The Morgan fingerprint density at radius 2 is 1.61 bits per heavy atom. The highest BCUT2D eigenvalue weighted by Gasteiger charge is 2.03. The topological polar surface area (TPSA) is 18.5 Å². The lowest BCUT2D eigenvalue weighted by Crippen LogP contribution is -2.05. The van der Waals surface area contributed by atoms with Crippen molar-refractivity contribution in [1.29, 1.82) is 0 Å². The lowest BCUT2D eigenvalue weighted by atomic mass is 10.1. The summed E-state index contributed by atoms with van der Waals surface area (Å²) in [5, 5.41) is 2.37. The Hall–Kier alpha value is -1.22. The molecule has 2 aromatic carbocycles. The first-order valence-electron chi connectivity index (χ1n) is 8.56. The third-order valence-corrected chi connectivity index (χ3v) is 4.88. The quantitative estimate of drug-likeness (QED) is 0.373. The van der Waals surface area contributed by atoms with E-state index in [2.05, 4.69) is 47.1 Å². The average molecular weight is 379 g/mol. The summed E-state index contributed by atoms with van der Waals surface area (Å²) in [6.45, 7) is 7.07. The second-order valence-corrected chi connectivity index (χ2v) is 7.48. The van der Waals surface area contributed by atoms with Gasteiger partial charge in [-0.05, 0) is 74.6 Å². The van der Waals surface area contributed by atoms with Crippen LogP contribution in [0.4, 0.5) is 0 Å². The zero-order valence-corrected chi connectivity index (χ0v) is 15.9. The fourth-order valence-electron chi connectivity index (χ4n) is 2.50. The van der Waals surface area contributed by atoms with Crippen LogP contribution in [-0.4, -0.2) is 17.5 Å². The number of unbranched alkanes of at least 4 members (excludes halogenated alkanes) is 1. The molecule has 3 heteroatoms. The monoisotopic (exact) mass is 378 g/mol. The van der Waals surface area contributed by atoms with Crippen molar-refractivity contribution in [2.24, 2.45) is 0 Å². The van der Waals surface area contributed by atoms with Gasteiger partial charge in [0.05, 0.1) is 12.7 Å². The summed E-state index contributed by atoms with van der Waals surface area (Å²) >= 11 is 3.67. The van der Waals surface area contributed by atoms with Gasteiger partial charge in [-0.1, -0.05) is 35.0 Å². The number of hydrogen-bond acceptors (Lipinski definition) is 2. The Bertz CT molecular complexity index is 610. The SMILES string of the molecule is CCC(Br)CCCCOc1ccc2cc(OC(C)C)ccc2c1. The fraction of sp³-hybridized carbons (Fsp3) is 0.500. The van der Waals surface area contributed by atoms with Crippen LogP contribution in [0.15, 0.2) is 36.4 Å². The molecule has 2 nitrogen and oxygen atoms in total. The predicted molar refractivity (Wildman–Crippen MR) is 102 cm³/mol. The molecule has 0 bridgehead atoms. The molecule has 0 saturated carbocycles. The van der Waals surface area contributed by atoms with Crippen molar-refractivity contribution in [3.05, 3.63) is 36.4 Å². The molecule has 0 fully saturated rings. The van der Waals surface area contributed by atoms with Crippen LogP contribution in [-0.2, 0) is 0 Å². The van der Waals surface area contributed by atoms with E-state index in [1.165, 1.54) is 30.0 Å². The largest absolute Gasteiger partial charge is 0.494 e. The maximum Gasteiger partial charge on any atom is 0.120 e. The molecule has 0 aliphatic heterocycles. The molecule has 0 aromatic heterocycles. The first-order chi connectivity index (χ1) is 11.1. The van der Waals surface area contributed by atoms with Crippen LogP contribution in [0.3, 0.4) is 0 Å². The summed E-state index contributed by atoms with van der Waals surface area (Å²) in [5.74, 6) is 1.86. The third kappa shape index (κ3) is 6.06. The first kappa shape index (κ1) is 18.1. The zero-order chi connectivity index (χ0) is 16.7. The van der Waals surface area contributed by atoms with E-state index in [1.807, 2.05) is 26.0 Å². The van der Waals surface area contributed by atoms with Gasteiger partial charge in [-0.15, -0.1) is 0 Å². The van der Waals surface area contributed by atoms with Gasteiger partial charge < -0.3 is 9.47 Å². The lowest BCUT2D eigenvalue weighted by molar-refractivity contribution is 0.243. The highest BCUT2D eigenvalue weighted by Crippen LogP contribution is 2.25. The average Bonchev–Trinajstić information content (AvgIpc) is 2.53. The van der Waals surface area contributed by atoms with Gasteiger partial charge in [0.15, 0.2) is 0 Å². The van der Waals surface area contributed by atoms with Gasteiger partial charge in [0, 0.05) is 4.83 Å². The van der Waals surface area contributed by atoms with Gasteiger partial charge in [0.2, 0.25) is 0 Å². The molecule has 0 radical (unpaired) electrons. The molecule has 2 rings (SSSR count). The maximum absolute atomic E-state index is 5.88. The van der Waals surface area contributed by atoms with Gasteiger partial charge in [-0.2, -0.15) is 0 Å². The number of hydrogen-bond donors (Lipinski definition) is 0. The summed E-state index contributed by atoms with van der Waals surface area (Å²) in [4.78, 5) is 0.644. The molecule has 23 heavy (non-hydrogen) atoms. The molecule has 0 spiro atoms. The van der Waals surface area contributed by atoms with Gasteiger partial charge in [-0.25, -0.2) is 0 Å². The summed E-state index contributed by atoms with van der Waals surface area (Å²) in [6, 6.07) is 12.4. The van der Waals surface area contributed by atoms with Crippen LogP contribution in [0.25, 0.3) is 10.8 Å². The Labute approximate surface area is 148 Å². The van der Waals surface area contributed by atoms with Crippen LogP contribution < -0.4 is 9.47 Å². The molecule has 1 atom stereocenters. The molecule has 0 amide bonds. The number of alkyl halides is 1. The number of fused-ring (bicyclic) bond motifs is 1. The van der Waals surface area contributed by atoms with E-state index >= 15 is 0 Å². The summed E-state index contributed by atoms with van der Waals surface area (Å²) < 4.78 is 11.6. The highest BCUT2D eigenvalue weighted by molar-refractivity contribution is 9.09. The Morgan fingerprint density at radius 1 is 0.957 bits per heavy atom. The normalized spacial score (nSPS) is 12.6. The Morgan fingerprint density at radius 3 is 2.26 bits per heavy atom. The molecule has 0 saturated heterocycles. The first-order valence-corrected chi connectivity index (χ1v) is 9.47. The van der Waals surface area contributed by atoms with Crippen molar-refractivity contribution in [1.82, 2.24) is 0 Å². The fourth-order valence-corrected chi connectivity index (χ4v) is 2.82. The molecule has 2 aromatic rings. The predicted octanol–water partition coefficient (Wildman–Crippen LogP) is 6.35. The van der Waals surface area contributed by atoms with E-state index in [4.69, 9.17) is 9.47 Å². The second kappa shape index (κ2) is 9.17. The summed E-state index contributed by atoms with van der Waals surface area (Å²) in [7, 11) is 0. The van der Waals surface area contributed by atoms with Crippen molar-refractivity contribution in [2.75, 3.05) is 6.61 Å². The maximum atomic E-state index is 5.88. The van der Waals surface area contributed by atoms with Gasteiger partial charge in [0.25, 0.3) is 0 Å². The second-order valence-electron chi connectivity index (χ2n) is 6.19. The number of benzene rings is 2. The van der Waals surface area contributed by atoms with E-state index in [9.17, 15) is 0 Å². The van der Waals surface area contributed by atoms with Crippen molar-refractivity contribution in [3.8, 4) is 11.5 Å². The Kier molecular flexibility index (Phi) is 7.22. The molecule has 0 aliphatic rings. The molecule has 1 unspecified atom stereocenters. The van der Waals surface area contributed by atoms with Crippen LogP contribution in [0.5, 0.6) is 11.5 Å². The molecule has 0 N–H and O–H groups in total. The molecular weight excluding hydrogens is 352 g/mol. The van der Waals surface area contributed by atoms with Crippen LogP contribution in [0, 0.1) is 0 Å².